The number of aliphatic hydroxyl groups excluding tert-OH is 1. The van der Waals surface area contributed by atoms with Gasteiger partial charge in [0.25, 0.3) is 0 Å². The molecule has 2 fully saturated rings. The summed E-state index contributed by atoms with van der Waals surface area (Å²) < 4.78 is 0. The molecule has 1 aliphatic carbocycles. The first-order valence-corrected chi connectivity index (χ1v) is 8.97. The van der Waals surface area contributed by atoms with Crippen LogP contribution in [0.1, 0.15) is 44.1 Å². The molecule has 24 heavy (non-hydrogen) atoms. The number of hydrogen-bond acceptors (Lipinski definition) is 3. The first-order valence-electron chi connectivity index (χ1n) is 8.97. The Morgan fingerprint density at radius 1 is 1.04 bits per heavy atom. The molecule has 5 heteroatoms. The fourth-order valence-electron chi connectivity index (χ4n) is 3.54. The Labute approximate surface area is 143 Å². The van der Waals surface area contributed by atoms with Gasteiger partial charge in [0.05, 0.1) is 12.5 Å². The molecular weight excluding hydrogens is 304 g/mol. The van der Waals surface area contributed by atoms with Crippen LogP contribution in [0.2, 0.25) is 0 Å². The van der Waals surface area contributed by atoms with Crippen LogP contribution >= 0.6 is 0 Å². The summed E-state index contributed by atoms with van der Waals surface area (Å²) in [5, 5.41) is 12.5. The van der Waals surface area contributed by atoms with Gasteiger partial charge in [-0.2, -0.15) is 0 Å². The Morgan fingerprint density at radius 2 is 1.67 bits per heavy atom. The molecule has 0 spiro atoms. The van der Waals surface area contributed by atoms with Crippen molar-refractivity contribution in [1.29, 1.82) is 0 Å². The smallest absolute Gasteiger partial charge is 0.227 e. The number of carbonyl (C=O) groups is 2. The van der Waals surface area contributed by atoms with Crippen molar-refractivity contribution in [2.24, 2.45) is 5.92 Å². The minimum Gasteiger partial charge on any atom is -0.393 e. The van der Waals surface area contributed by atoms with Crippen LogP contribution in [0.15, 0.2) is 24.3 Å². The van der Waals surface area contributed by atoms with Crippen molar-refractivity contribution in [2.45, 2.75) is 51.0 Å². The highest BCUT2D eigenvalue weighted by atomic mass is 16.3. The molecule has 1 aromatic rings. The second-order valence-corrected chi connectivity index (χ2v) is 6.96. The van der Waals surface area contributed by atoms with Crippen LogP contribution in [0.3, 0.4) is 0 Å². The fourth-order valence-corrected chi connectivity index (χ4v) is 3.54. The lowest BCUT2D eigenvalue weighted by molar-refractivity contribution is -0.132. The predicted octanol–water partition coefficient (Wildman–Crippen LogP) is 2.34. The summed E-state index contributed by atoms with van der Waals surface area (Å²) in [6.45, 7) is 1.27. The van der Waals surface area contributed by atoms with E-state index < -0.39 is 0 Å². The Hall–Kier alpha value is -1.88. The van der Waals surface area contributed by atoms with Gasteiger partial charge in [-0.25, -0.2) is 0 Å². The zero-order valence-electron chi connectivity index (χ0n) is 14.0. The van der Waals surface area contributed by atoms with E-state index in [2.05, 4.69) is 5.32 Å². The van der Waals surface area contributed by atoms with Crippen LogP contribution in [0, 0.1) is 5.92 Å². The predicted molar refractivity (Wildman–Crippen MR) is 92.6 cm³/mol. The molecule has 1 heterocycles. The van der Waals surface area contributed by atoms with E-state index in [4.69, 9.17) is 0 Å². The summed E-state index contributed by atoms with van der Waals surface area (Å²) >= 11 is 0. The molecule has 2 N–H and O–H groups in total. The highest BCUT2D eigenvalue weighted by Crippen LogP contribution is 2.26. The summed E-state index contributed by atoms with van der Waals surface area (Å²) in [4.78, 5) is 26.2. The lowest BCUT2D eigenvalue weighted by atomic mass is 10.1. The van der Waals surface area contributed by atoms with Crippen molar-refractivity contribution in [3.8, 4) is 0 Å². The average Bonchev–Trinajstić information content (AvgIpc) is 3.12. The van der Waals surface area contributed by atoms with Gasteiger partial charge in [-0.05, 0) is 43.4 Å². The van der Waals surface area contributed by atoms with Crippen LogP contribution in [0.4, 0.5) is 5.69 Å². The van der Waals surface area contributed by atoms with Gasteiger partial charge in [0.1, 0.15) is 0 Å². The molecule has 0 atom stereocenters. The molecule has 1 saturated carbocycles. The van der Waals surface area contributed by atoms with Crippen LogP contribution in [-0.2, 0) is 16.0 Å². The minimum atomic E-state index is -0.267. The third-order valence-electron chi connectivity index (χ3n) is 5.12. The van der Waals surface area contributed by atoms with Crippen molar-refractivity contribution in [3.05, 3.63) is 29.8 Å². The van der Waals surface area contributed by atoms with Crippen molar-refractivity contribution in [3.63, 3.8) is 0 Å². The summed E-state index contributed by atoms with van der Waals surface area (Å²) in [6, 6.07) is 7.55. The summed E-state index contributed by atoms with van der Waals surface area (Å²) in [5.74, 6) is 0.369. The van der Waals surface area contributed by atoms with Crippen LogP contribution < -0.4 is 5.32 Å². The Bertz CT molecular complexity index is 571. The van der Waals surface area contributed by atoms with E-state index in [1.165, 1.54) is 0 Å². The average molecular weight is 330 g/mol. The molecule has 0 aromatic heterocycles. The zero-order valence-corrected chi connectivity index (χ0v) is 14.0. The summed E-state index contributed by atoms with van der Waals surface area (Å²) in [5.41, 5.74) is 1.74. The van der Waals surface area contributed by atoms with E-state index in [-0.39, 0.29) is 23.8 Å². The second-order valence-electron chi connectivity index (χ2n) is 6.96. The van der Waals surface area contributed by atoms with Crippen molar-refractivity contribution in [2.75, 3.05) is 18.4 Å². The molecule has 2 aliphatic rings. The summed E-state index contributed by atoms with van der Waals surface area (Å²) in [6.07, 6.45) is 5.70. The number of benzene rings is 1. The Morgan fingerprint density at radius 3 is 2.29 bits per heavy atom. The molecule has 2 amide bonds. The van der Waals surface area contributed by atoms with Gasteiger partial charge in [-0.1, -0.05) is 25.0 Å². The fraction of sp³-hybridized carbons (Fsp3) is 0.579. The number of amides is 2. The molecule has 3 rings (SSSR count). The standard InChI is InChI=1S/C19H26N2O3/c22-17-9-11-21(12-10-17)18(23)13-14-5-7-16(8-6-14)20-19(24)15-3-1-2-4-15/h5-8,15,17,22H,1-4,9-13H2,(H,20,24). The molecule has 130 valence electrons. The van der Waals surface area contributed by atoms with Gasteiger partial charge in [0.2, 0.25) is 11.8 Å². The molecule has 1 aromatic carbocycles. The highest BCUT2D eigenvalue weighted by molar-refractivity contribution is 5.92. The van der Waals surface area contributed by atoms with Gasteiger partial charge in [0.15, 0.2) is 0 Å². The largest absolute Gasteiger partial charge is 0.393 e. The number of nitrogens with one attached hydrogen (secondary N) is 1. The van der Waals surface area contributed by atoms with Crippen LogP contribution in [0.5, 0.6) is 0 Å². The van der Waals surface area contributed by atoms with Gasteiger partial charge >= 0.3 is 0 Å². The van der Waals surface area contributed by atoms with E-state index in [9.17, 15) is 14.7 Å². The van der Waals surface area contributed by atoms with Gasteiger partial charge in [0, 0.05) is 24.7 Å². The van der Waals surface area contributed by atoms with Crippen molar-refractivity contribution >= 4 is 17.5 Å². The molecule has 1 aliphatic heterocycles. The third kappa shape index (κ3) is 4.35. The first kappa shape index (κ1) is 17.0. The number of rotatable bonds is 4. The van der Waals surface area contributed by atoms with E-state index >= 15 is 0 Å². The molecular formula is C19H26N2O3. The van der Waals surface area contributed by atoms with Crippen LogP contribution in [-0.4, -0.2) is 41.0 Å². The van der Waals surface area contributed by atoms with E-state index in [1.807, 2.05) is 29.2 Å². The van der Waals surface area contributed by atoms with E-state index in [1.54, 1.807) is 0 Å². The van der Waals surface area contributed by atoms with Crippen molar-refractivity contribution in [1.82, 2.24) is 4.90 Å². The second kappa shape index (κ2) is 7.79. The maximum atomic E-state index is 12.3. The molecule has 0 bridgehead atoms. The number of hydrogen-bond donors (Lipinski definition) is 2. The van der Waals surface area contributed by atoms with E-state index in [0.717, 1.165) is 36.9 Å². The van der Waals surface area contributed by atoms with Crippen LogP contribution in [0.25, 0.3) is 0 Å². The Kier molecular flexibility index (Phi) is 5.51. The number of anilines is 1. The number of carbonyl (C=O) groups excluding carboxylic acids is 2. The molecule has 0 radical (unpaired) electrons. The van der Waals surface area contributed by atoms with Gasteiger partial charge in [-0.3, -0.25) is 9.59 Å². The Balaban J connectivity index is 1.50. The lowest BCUT2D eigenvalue weighted by Gasteiger charge is -2.29. The normalized spacial score (nSPS) is 19.5. The lowest BCUT2D eigenvalue weighted by Crippen LogP contribution is -2.40. The monoisotopic (exact) mass is 330 g/mol. The zero-order chi connectivity index (χ0) is 16.9. The van der Waals surface area contributed by atoms with E-state index in [0.29, 0.717) is 32.4 Å². The topological polar surface area (TPSA) is 69.6 Å². The maximum absolute atomic E-state index is 12.3. The number of nitrogens with zero attached hydrogens (tertiary/aromatic N) is 1. The molecule has 1 saturated heterocycles. The molecule has 0 unspecified atom stereocenters. The number of piperidine rings is 1. The van der Waals surface area contributed by atoms with Gasteiger partial charge in [-0.15, -0.1) is 0 Å². The van der Waals surface area contributed by atoms with Gasteiger partial charge < -0.3 is 15.3 Å². The SMILES string of the molecule is O=C(Nc1ccc(CC(=O)N2CCC(O)CC2)cc1)C1CCCC1. The highest BCUT2D eigenvalue weighted by Gasteiger charge is 2.23. The number of aliphatic hydroxyl groups is 1. The number of likely N-dealkylation sites (tertiary alicyclic amines) is 1. The first-order chi connectivity index (χ1) is 11.6. The maximum Gasteiger partial charge on any atom is 0.227 e. The minimum absolute atomic E-state index is 0.102. The quantitative estimate of drug-likeness (QED) is 0.890. The summed E-state index contributed by atoms with van der Waals surface area (Å²) in [7, 11) is 0. The molecule has 5 nitrogen and oxygen atoms in total. The van der Waals surface area contributed by atoms with Crippen molar-refractivity contribution < 1.29 is 14.7 Å². The third-order valence-corrected chi connectivity index (χ3v) is 5.12.